The Kier molecular flexibility index (Phi) is 7.07. The summed E-state index contributed by atoms with van der Waals surface area (Å²) in [6.45, 7) is 0. The van der Waals surface area contributed by atoms with E-state index in [1.165, 1.54) is 96.4 Å². The van der Waals surface area contributed by atoms with Gasteiger partial charge in [0.15, 0.2) is 0 Å². The van der Waals surface area contributed by atoms with Crippen molar-refractivity contribution in [2.75, 3.05) is 0 Å². The van der Waals surface area contributed by atoms with Crippen molar-refractivity contribution in [1.29, 1.82) is 0 Å². The first-order valence-corrected chi connectivity index (χ1v) is 9.03. The van der Waals surface area contributed by atoms with E-state index in [0.717, 1.165) is 0 Å². The van der Waals surface area contributed by atoms with Crippen LogP contribution in [0.2, 0.25) is 5.02 Å². The van der Waals surface area contributed by atoms with Gasteiger partial charge in [-0.25, -0.2) is 0 Å². The van der Waals surface area contributed by atoms with Crippen molar-refractivity contribution in [3.8, 4) is 0 Å². The molecular formula is C10HClI4O4. The van der Waals surface area contributed by atoms with Crippen LogP contribution in [0.3, 0.4) is 0 Å². The maximum Gasteiger partial charge on any atom is 0.224 e. The van der Waals surface area contributed by atoms with Crippen LogP contribution < -0.4 is 0 Å². The van der Waals surface area contributed by atoms with Crippen LogP contribution in [-0.4, -0.2) is 15.2 Å². The summed E-state index contributed by atoms with van der Waals surface area (Å²) >= 11 is 12.0. The van der Waals surface area contributed by atoms with E-state index < -0.39 is 15.2 Å². The topological polar surface area (TPSA) is 68.3 Å². The Bertz CT molecular complexity index is 576. The second kappa shape index (κ2) is 7.40. The van der Waals surface area contributed by atoms with Crippen LogP contribution in [0.4, 0.5) is 0 Å². The summed E-state index contributed by atoms with van der Waals surface area (Å²) in [7, 11) is 0. The highest BCUT2D eigenvalue weighted by Crippen LogP contribution is 2.33. The molecule has 0 aliphatic carbocycles. The molecule has 0 aliphatic heterocycles. The number of hydrogen-bond donors (Lipinski definition) is 0. The minimum atomic E-state index is -0.464. The van der Waals surface area contributed by atoms with Gasteiger partial charge in [-0.05, 0) is 6.07 Å². The molecule has 0 radical (unpaired) electrons. The summed E-state index contributed by atoms with van der Waals surface area (Å²) in [6.07, 6.45) is 0. The van der Waals surface area contributed by atoms with Gasteiger partial charge in [0.05, 0.1) is 16.1 Å². The van der Waals surface area contributed by atoms with Crippen molar-refractivity contribution in [2.45, 2.75) is 0 Å². The fourth-order valence-corrected chi connectivity index (χ4v) is 4.01. The van der Waals surface area contributed by atoms with Gasteiger partial charge in [0.1, 0.15) is 0 Å². The normalized spacial score (nSPS) is 10.2. The Morgan fingerprint density at radius 1 is 0.737 bits per heavy atom. The summed E-state index contributed by atoms with van der Waals surface area (Å²) in [5, 5.41) is -0.152. The summed E-state index contributed by atoms with van der Waals surface area (Å²) in [6, 6.07) is 1.24. The number of benzene rings is 1. The Morgan fingerprint density at radius 2 is 1.05 bits per heavy atom. The number of hydrogen-bond acceptors (Lipinski definition) is 4. The van der Waals surface area contributed by atoms with E-state index in [1.54, 1.807) is 0 Å². The van der Waals surface area contributed by atoms with Gasteiger partial charge in [-0.15, -0.1) is 0 Å². The van der Waals surface area contributed by atoms with Gasteiger partial charge >= 0.3 is 0 Å². The van der Waals surface area contributed by atoms with Gasteiger partial charge in [0.25, 0.3) is 0 Å². The first-order chi connectivity index (χ1) is 8.68. The fraction of sp³-hybridized carbons (Fsp3) is 0. The molecule has 0 N–H and O–H groups in total. The predicted molar refractivity (Wildman–Crippen MR) is 105 cm³/mol. The fourth-order valence-electron chi connectivity index (χ4n) is 1.34. The molecular weight excluding hydrogens is 727 g/mol. The third-order valence-corrected chi connectivity index (χ3v) is 4.70. The van der Waals surface area contributed by atoms with Crippen molar-refractivity contribution in [3.05, 3.63) is 33.3 Å². The van der Waals surface area contributed by atoms with Crippen LogP contribution in [0.5, 0.6) is 0 Å². The third kappa shape index (κ3) is 4.06. The zero-order chi connectivity index (χ0) is 14.9. The van der Waals surface area contributed by atoms with E-state index in [2.05, 4.69) is 0 Å². The predicted octanol–water partition coefficient (Wildman–Crippen LogP) is 4.64. The van der Waals surface area contributed by atoms with E-state index in [4.69, 9.17) is 11.6 Å². The summed E-state index contributed by atoms with van der Waals surface area (Å²) in [5.74, 6) is 0. The lowest BCUT2D eigenvalue weighted by molar-refractivity contribution is 0.106. The van der Waals surface area contributed by atoms with Crippen LogP contribution >= 0.6 is 102 Å². The molecule has 1 aromatic rings. The molecule has 9 heteroatoms. The second-order valence-corrected chi connectivity index (χ2v) is 7.43. The maximum atomic E-state index is 11.6. The molecule has 0 atom stereocenters. The summed E-state index contributed by atoms with van der Waals surface area (Å²) in [4.78, 5) is 46.3. The minimum Gasteiger partial charge on any atom is -0.282 e. The quantitative estimate of drug-likeness (QED) is 0.335. The maximum absolute atomic E-state index is 11.6. The van der Waals surface area contributed by atoms with Crippen LogP contribution in [0.15, 0.2) is 6.07 Å². The molecule has 1 rings (SSSR count). The molecule has 0 amide bonds. The van der Waals surface area contributed by atoms with Gasteiger partial charge < -0.3 is 0 Å². The molecule has 0 saturated heterocycles. The van der Waals surface area contributed by atoms with Crippen molar-refractivity contribution >= 4 is 117 Å². The van der Waals surface area contributed by atoms with E-state index in [1.807, 2.05) is 0 Å². The highest BCUT2D eigenvalue weighted by atomic mass is 127. The number of carbonyl (C=O) groups excluding carboxylic acids is 4. The van der Waals surface area contributed by atoms with E-state index in [9.17, 15) is 19.2 Å². The van der Waals surface area contributed by atoms with Gasteiger partial charge in [0, 0.05) is 101 Å². The highest BCUT2D eigenvalue weighted by Gasteiger charge is 2.27. The molecule has 100 valence electrons. The smallest absolute Gasteiger partial charge is 0.224 e. The Labute approximate surface area is 167 Å². The molecule has 0 spiro atoms. The highest BCUT2D eigenvalue weighted by molar-refractivity contribution is 14.1. The molecule has 0 fully saturated rings. The van der Waals surface area contributed by atoms with Gasteiger partial charge in [-0.1, -0.05) is 11.6 Å². The van der Waals surface area contributed by atoms with Gasteiger partial charge in [-0.2, -0.15) is 0 Å². The van der Waals surface area contributed by atoms with Crippen LogP contribution in [-0.2, 0) is 0 Å². The molecule has 0 bridgehead atoms. The van der Waals surface area contributed by atoms with E-state index >= 15 is 0 Å². The van der Waals surface area contributed by atoms with Crippen LogP contribution in [0.25, 0.3) is 0 Å². The third-order valence-electron chi connectivity index (χ3n) is 2.08. The van der Waals surface area contributed by atoms with Crippen molar-refractivity contribution in [3.63, 3.8) is 0 Å². The zero-order valence-electron chi connectivity index (χ0n) is 8.60. The molecule has 0 unspecified atom stereocenters. The lowest BCUT2D eigenvalue weighted by atomic mass is 10.0. The largest absolute Gasteiger partial charge is 0.282 e. The molecule has 0 saturated carbocycles. The average molecular weight is 728 g/mol. The molecule has 1 aromatic carbocycles. The van der Waals surface area contributed by atoms with E-state index in [-0.39, 0.29) is 27.3 Å². The Balaban J connectivity index is 3.91. The summed E-state index contributed by atoms with van der Waals surface area (Å²) in [5.41, 5.74) is -0.0102. The van der Waals surface area contributed by atoms with Gasteiger partial charge in [-0.3, -0.25) is 19.2 Å². The van der Waals surface area contributed by atoms with Gasteiger partial charge in [0.2, 0.25) is 15.2 Å². The van der Waals surface area contributed by atoms with Crippen LogP contribution in [0.1, 0.15) is 41.4 Å². The number of rotatable bonds is 4. The molecule has 19 heavy (non-hydrogen) atoms. The lowest BCUT2D eigenvalue weighted by Crippen LogP contribution is -2.10. The zero-order valence-corrected chi connectivity index (χ0v) is 18.0. The lowest BCUT2D eigenvalue weighted by Gasteiger charge is -2.11. The SMILES string of the molecule is O=C(I)c1cc(C(=O)I)c(C(=O)I)c(Cl)c1C(=O)I. The molecule has 0 heterocycles. The first-order valence-electron chi connectivity index (χ1n) is 4.34. The van der Waals surface area contributed by atoms with Crippen molar-refractivity contribution in [2.24, 2.45) is 0 Å². The second-order valence-electron chi connectivity index (χ2n) is 3.13. The number of halogens is 5. The van der Waals surface area contributed by atoms with Crippen LogP contribution in [0, 0.1) is 0 Å². The van der Waals surface area contributed by atoms with Crippen molar-refractivity contribution in [1.82, 2.24) is 0 Å². The Hall–Kier alpha value is 1.11. The van der Waals surface area contributed by atoms with Crippen molar-refractivity contribution < 1.29 is 19.2 Å². The Morgan fingerprint density at radius 3 is 1.26 bits per heavy atom. The molecule has 0 aromatic heterocycles. The summed E-state index contributed by atoms with van der Waals surface area (Å²) < 4.78 is -1.78. The number of carbonyl (C=O) groups is 4. The first kappa shape index (κ1) is 18.2. The molecule has 4 nitrogen and oxygen atoms in total. The molecule has 0 aliphatic rings. The minimum absolute atomic E-state index is 0.0337. The standard InChI is InChI=1S/C10HClI4O4/c11-6-4(9(14)18)2(7(12)16)1-3(8(13)17)5(6)10(15)19/h1H. The van der Waals surface area contributed by atoms with E-state index in [0.29, 0.717) is 0 Å². The monoisotopic (exact) mass is 728 g/mol. The average Bonchev–Trinajstić information content (AvgIpc) is 2.25.